The van der Waals surface area contributed by atoms with Crippen molar-refractivity contribution < 1.29 is 0 Å². The van der Waals surface area contributed by atoms with Gasteiger partial charge in [0.1, 0.15) is 0 Å². The molecule has 1 atom stereocenters. The van der Waals surface area contributed by atoms with Crippen LogP contribution < -0.4 is 0 Å². The summed E-state index contributed by atoms with van der Waals surface area (Å²) in [6, 6.07) is 4.20. The number of aryl methyl sites for hydroxylation is 2. The van der Waals surface area contributed by atoms with Crippen LogP contribution in [-0.4, -0.2) is 0 Å². The van der Waals surface area contributed by atoms with E-state index >= 15 is 0 Å². The van der Waals surface area contributed by atoms with E-state index in [9.17, 15) is 0 Å². The van der Waals surface area contributed by atoms with Gasteiger partial charge in [-0.1, -0.05) is 44.4 Å². The van der Waals surface area contributed by atoms with E-state index in [0.717, 1.165) is 10.6 Å². The van der Waals surface area contributed by atoms with Gasteiger partial charge in [-0.25, -0.2) is 0 Å². The zero-order chi connectivity index (χ0) is 13.7. The maximum absolute atomic E-state index is 6.67. The maximum Gasteiger partial charge on any atom is 0.0628 e. The molecule has 0 radical (unpaired) electrons. The Balaban J connectivity index is 3.00. The third-order valence-electron chi connectivity index (χ3n) is 3.64. The molecule has 1 aromatic rings. The van der Waals surface area contributed by atoms with Crippen LogP contribution in [0.2, 0.25) is 5.02 Å². The monoisotopic (exact) mass is 286 g/mol. The molecule has 18 heavy (non-hydrogen) atoms. The van der Waals surface area contributed by atoms with Gasteiger partial charge in [-0.3, -0.25) is 0 Å². The second kappa shape index (κ2) is 7.40. The number of hydrogen-bond donors (Lipinski definition) is 0. The Hall–Kier alpha value is -0.200. The second-order valence-corrected chi connectivity index (χ2v) is 6.07. The van der Waals surface area contributed by atoms with Gasteiger partial charge in [0.15, 0.2) is 0 Å². The van der Waals surface area contributed by atoms with E-state index in [1.165, 1.54) is 36.8 Å². The molecule has 0 heterocycles. The number of halogens is 2. The first-order valence-electron chi connectivity index (χ1n) is 6.91. The molecule has 0 spiro atoms. The second-order valence-electron chi connectivity index (χ2n) is 5.20. The summed E-state index contributed by atoms with van der Waals surface area (Å²) in [7, 11) is 0. The molecule has 0 nitrogen and oxygen atoms in total. The van der Waals surface area contributed by atoms with E-state index < -0.39 is 0 Å². The largest absolute Gasteiger partial charge is 0.117 e. The van der Waals surface area contributed by atoms with Crippen molar-refractivity contribution >= 4 is 23.2 Å². The van der Waals surface area contributed by atoms with Gasteiger partial charge in [0.05, 0.1) is 5.38 Å². The summed E-state index contributed by atoms with van der Waals surface area (Å²) in [5, 5.41) is 0.854. The molecule has 1 rings (SSSR count). The summed E-state index contributed by atoms with van der Waals surface area (Å²) in [5.41, 5.74) is 3.61. The Morgan fingerprint density at radius 1 is 1.00 bits per heavy atom. The Morgan fingerprint density at radius 2 is 1.50 bits per heavy atom. The molecule has 0 aliphatic carbocycles. The van der Waals surface area contributed by atoms with Gasteiger partial charge in [-0.2, -0.15) is 0 Å². The zero-order valence-corrected chi connectivity index (χ0v) is 13.4. The molecular formula is C16H24Cl2. The van der Waals surface area contributed by atoms with Crippen LogP contribution in [0.15, 0.2) is 12.1 Å². The summed E-state index contributed by atoms with van der Waals surface area (Å²) in [5.74, 6) is 0.529. The maximum atomic E-state index is 6.67. The van der Waals surface area contributed by atoms with Crippen molar-refractivity contribution in [3.63, 3.8) is 0 Å². The van der Waals surface area contributed by atoms with Crippen molar-refractivity contribution in [1.29, 1.82) is 0 Å². The van der Waals surface area contributed by atoms with Crippen LogP contribution in [0.3, 0.4) is 0 Å². The smallest absolute Gasteiger partial charge is 0.0628 e. The highest BCUT2D eigenvalue weighted by Crippen LogP contribution is 2.39. The van der Waals surface area contributed by atoms with Crippen molar-refractivity contribution in [3.8, 4) is 0 Å². The van der Waals surface area contributed by atoms with Gasteiger partial charge in [0, 0.05) is 5.02 Å². The lowest BCUT2D eigenvalue weighted by Crippen LogP contribution is -2.09. The van der Waals surface area contributed by atoms with E-state index in [2.05, 4.69) is 33.8 Å². The Morgan fingerprint density at radius 3 is 2.00 bits per heavy atom. The van der Waals surface area contributed by atoms with Gasteiger partial charge in [0.2, 0.25) is 0 Å². The zero-order valence-electron chi connectivity index (χ0n) is 11.9. The summed E-state index contributed by atoms with van der Waals surface area (Å²) in [4.78, 5) is 0. The normalized spacial score (nSPS) is 13.1. The average molecular weight is 287 g/mol. The highest BCUT2D eigenvalue weighted by Gasteiger charge is 2.22. The van der Waals surface area contributed by atoms with Gasteiger partial charge < -0.3 is 0 Å². The van der Waals surface area contributed by atoms with Crippen molar-refractivity contribution in [2.24, 2.45) is 5.92 Å². The molecule has 1 unspecified atom stereocenters. The predicted molar refractivity (Wildman–Crippen MR) is 82.8 cm³/mol. The molecule has 0 saturated heterocycles. The molecule has 2 heteroatoms. The van der Waals surface area contributed by atoms with Crippen LogP contribution in [0.4, 0.5) is 0 Å². The van der Waals surface area contributed by atoms with Gasteiger partial charge in [-0.05, 0) is 55.4 Å². The van der Waals surface area contributed by atoms with Crippen molar-refractivity contribution in [1.82, 2.24) is 0 Å². The Labute approximate surface area is 122 Å². The lowest BCUT2D eigenvalue weighted by molar-refractivity contribution is 0.426. The number of alkyl halides is 1. The first-order valence-corrected chi connectivity index (χ1v) is 7.73. The fraction of sp³-hybridized carbons (Fsp3) is 0.625. The molecule has 0 fully saturated rings. The fourth-order valence-electron chi connectivity index (χ4n) is 2.45. The molecule has 102 valence electrons. The van der Waals surface area contributed by atoms with Gasteiger partial charge in [-0.15, -0.1) is 11.6 Å². The quantitative estimate of drug-likeness (QED) is 0.527. The highest BCUT2D eigenvalue weighted by molar-refractivity contribution is 6.33. The third-order valence-corrected chi connectivity index (χ3v) is 4.56. The summed E-state index contributed by atoms with van der Waals surface area (Å²) >= 11 is 13.0. The average Bonchev–Trinajstić information content (AvgIpc) is 2.33. The third kappa shape index (κ3) is 3.90. The number of benzene rings is 1. The Bertz CT molecular complexity index is 379. The lowest BCUT2D eigenvalue weighted by atomic mass is 9.89. The first-order chi connectivity index (χ1) is 8.51. The molecule has 0 amide bonds. The van der Waals surface area contributed by atoms with Crippen LogP contribution in [0.25, 0.3) is 0 Å². The van der Waals surface area contributed by atoms with Crippen molar-refractivity contribution in [2.45, 2.75) is 58.8 Å². The molecule has 0 bridgehead atoms. The van der Waals surface area contributed by atoms with Crippen LogP contribution in [0, 0.1) is 19.8 Å². The summed E-state index contributed by atoms with van der Waals surface area (Å²) in [6.45, 7) is 8.64. The van der Waals surface area contributed by atoms with Crippen LogP contribution >= 0.6 is 23.2 Å². The van der Waals surface area contributed by atoms with Crippen LogP contribution in [0.5, 0.6) is 0 Å². The first kappa shape index (κ1) is 15.9. The van der Waals surface area contributed by atoms with Gasteiger partial charge in [0.25, 0.3) is 0 Å². The van der Waals surface area contributed by atoms with E-state index in [1.807, 2.05) is 6.07 Å². The Kier molecular flexibility index (Phi) is 6.52. The fourth-order valence-corrected chi connectivity index (χ4v) is 3.27. The standard InChI is InChI=1S/C16H24Cl2/c1-5-7-13(8-6-2)16(18)14-9-11(3)12(4)10-15(14)17/h9-10,13,16H,5-8H2,1-4H3. The summed E-state index contributed by atoms with van der Waals surface area (Å²) in [6.07, 6.45) is 4.70. The van der Waals surface area contributed by atoms with E-state index in [4.69, 9.17) is 23.2 Å². The van der Waals surface area contributed by atoms with E-state index in [0.29, 0.717) is 5.92 Å². The number of rotatable bonds is 6. The van der Waals surface area contributed by atoms with E-state index in [1.54, 1.807) is 0 Å². The molecule has 1 aromatic carbocycles. The predicted octanol–water partition coefficient (Wildman–Crippen LogP) is 6.45. The molecule has 0 aliphatic heterocycles. The minimum Gasteiger partial charge on any atom is -0.117 e. The minimum absolute atomic E-state index is 0.0386. The topological polar surface area (TPSA) is 0 Å². The van der Waals surface area contributed by atoms with Gasteiger partial charge >= 0.3 is 0 Å². The minimum atomic E-state index is 0.0386. The molecular weight excluding hydrogens is 263 g/mol. The number of hydrogen-bond acceptors (Lipinski definition) is 0. The van der Waals surface area contributed by atoms with Crippen molar-refractivity contribution in [2.75, 3.05) is 0 Å². The van der Waals surface area contributed by atoms with Crippen molar-refractivity contribution in [3.05, 3.63) is 33.8 Å². The van der Waals surface area contributed by atoms with E-state index in [-0.39, 0.29) is 5.38 Å². The SMILES string of the molecule is CCCC(CCC)C(Cl)c1cc(C)c(C)cc1Cl. The van der Waals surface area contributed by atoms with Crippen LogP contribution in [0.1, 0.15) is 61.6 Å². The summed E-state index contributed by atoms with van der Waals surface area (Å²) < 4.78 is 0. The molecule has 0 aromatic heterocycles. The molecule has 0 saturated carbocycles. The van der Waals surface area contributed by atoms with Crippen LogP contribution in [-0.2, 0) is 0 Å². The molecule has 0 aliphatic rings. The lowest BCUT2D eigenvalue weighted by Gasteiger charge is -2.23. The highest BCUT2D eigenvalue weighted by atomic mass is 35.5. The molecule has 0 N–H and O–H groups in total.